The number of halogens is 2. The van der Waals surface area contributed by atoms with Gasteiger partial charge in [0.1, 0.15) is 5.82 Å². The van der Waals surface area contributed by atoms with E-state index in [1.54, 1.807) is 6.92 Å². The highest BCUT2D eigenvalue weighted by molar-refractivity contribution is 5.92. The van der Waals surface area contributed by atoms with Gasteiger partial charge in [-0.1, -0.05) is 5.92 Å². The number of aryl methyl sites for hydroxylation is 1. The molecule has 2 rings (SSSR count). The van der Waals surface area contributed by atoms with Crippen LogP contribution in [0.1, 0.15) is 11.1 Å². The molecule has 0 amide bonds. The number of phenolic OH excluding ortho intramolecular Hbond substituents is 1. The summed E-state index contributed by atoms with van der Waals surface area (Å²) in [7, 11) is 0. The average Bonchev–Trinajstić information content (AvgIpc) is 2.25. The molecular formula is C13H8F2O. The summed E-state index contributed by atoms with van der Waals surface area (Å²) in [6.07, 6.45) is 5.20. The van der Waals surface area contributed by atoms with Crippen molar-refractivity contribution in [3.8, 4) is 18.1 Å². The first-order valence-corrected chi connectivity index (χ1v) is 4.63. The van der Waals surface area contributed by atoms with Gasteiger partial charge in [-0.15, -0.1) is 6.42 Å². The van der Waals surface area contributed by atoms with Gasteiger partial charge >= 0.3 is 0 Å². The Morgan fingerprint density at radius 2 is 2.00 bits per heavy atom. The lowest BCUT2D eigenvalue weighted by atomic mass is 9.99. The van der Waals surface area contributed by atoms with Gasteiger partial charge in [0.05, 0.1) is 5.56 Å². The molecule has 0 aliphatic heterocycles. The Kier molecular flexibility index (Phi) is 2.28. The van der Waals surface area contributed by atoms with Gasteiger partial charge in [-0.05, 0) is 30.7 Å². The van der Waals surface area contributed by atoms with Crippen LogP contribution in [0.2, 0.25) is 0 Å². The minimum atomic E-state index is -0.780. The number of phenols is 1. The molecule has 16 heavy (non-hydrogen) atoms. The largest absolute Gasteiger partial charge is 0.505 e. The molecule has 0 spiro atoms. The number of hydrogen-bond acceptors (Lipinski definition) is 1. The molecule has 1 nitrogen and oxygen atoms in total. The molecule has 0 fully saturated rings. The smallest absolute Gasteiger partial charge is 0.172 e. The lowest BCUT2D eigenvalue weighted by Gasteiger charge is -2.08. The van der Waals surface area contributed by atoms with Crippen molar-refractivity contribution in [2.45, 2.75) is 6.92 Å². The van der Waals surface area contributed by atoms with Crippen molar-refractivity contribution in [1.29, 1.82) is 0 Å². The minimum Gasteiger partial charge on any atom is -0.505 e. The molecule has 3 heteroatoms. The second kappa shape index (κ2) is 3.49. The maximum absolute atomic E-state index is 13.6. The van der Waals surface area contributed by atoms with Crippen molar-refractivity contribution in [1.82, 2.24) is 0 Å². The Balaban J connectivity index is 3.07. The fraction of sp³-hybridized carbons (Fsp3) is 0.0769. The van der Waals surface area contributed by atoms with E-state index in [0.29, 0.717) is 10.9 Å². The highest BCUT2D eigenvalue weighted by atomic mass is 19.1. The van der Waals surface area contributed by atoms with Gasteiger partial charge in [0.2, 0.25) is 0 Å². The number of aromatic hydroxyl groups is 1. The normalized spacial score (nSPS) is 10.4. The predicted octanol–water partition coefficient (Wildman–Crippen LogP) is 3.11. The number of benzene rings is 2. The maximum atomic E-state index is 13.6. The van der Waals surface area contributed by atoms with Crippen molar-refractivity contribution in [2.75, 3.05) is 0 Å². The zero-order chi connectivity index (χ0) is 11.9. The Labute approximate surface area is 91.3 Å². The first-order chi connectivity index (χ1) is 7.56. The molecule has 0 radical (unpaired) electrons. The topological polar surface area (TPSA) is 20.2 Å². The van der Waals surface area contributed by atoms with E-state index in [1.165, 1.54) is 12.1 Å². The summed E-state index contributed by atoms with van der Waals surface area (Å²) in [5.41, 5.74) is 0.565. The Bertz CT molecular complexity index is 624. The number of terminal acetylenes is 1. The van der Waals surface area contributed by atoms with E-state index >= 15 is 0 Å². The molecule has 0 bridgehead atoms. The molecule has 80 valence electrons. The van der Waals surface area contributed by atoms with Crippen LogP contribution in [-0.2, 0) is 0 Å². The molecule has 0 aliphatic rings. The van der Waals surface area contributed by atoms with Crippen LogP contribution in [-0.4, -0.2) is 5.11 Å². The summed E-state index contributed by atoms with van der Waals surface area (Å²) < 4.78 is 27.0. The van der Waals surface area contributed by atoms with Crippen molar-refractivity contribution >= 4 is 10.8 Å². The maximum Gasteiger partial charge on any atom is 0.172 e. The van der Waals surface area contributed by atoms with Crippen molar-refractivity contribution in [3.63, 3.8) is 0 Å². The Hall–Kier alpha value is -2.08. The fourth-order valence-electron chi connectivity index (χ4n) is 1.79. The molecule has 0 aliphatic carbocycles. The molecule has 2 aromatic rings. The highest BCUT2D eigenvalue weighted by Gasteiger charge is 2.14. The van der Waals surface area contributed by atoms with E-state index in [-0.39, 0.29) is 10.9 Å². The standard InChI is InChI=1S/C13H8F2O/c1-3-8-10(14)5-4-9-12(8)7(2)6-11(16)13(9)15/h1,4-6,16H,2H3. The van der Waals surface area contributed by atoms with E-state index in [4.69, 9.17) is 6.42 Å². The molecular weight excluding hydrogens is 210 g/mol. The van der Waals surface area contributed by atoms with E-state index in [9.17, 15) is 13.9 Å². The van der Waals surface area contributed by atoms with Crippen molar-refractivity contribution in [2.24, 2.45) is 0 Å². The highest BCUT2D eigenvalue weighted by Crippen LogP contribution is 2.31. The molecule has 0 saturated heterocycles. The van der Waals surface area contributed by atoms with Crippen molar-refractivity contribution in [3.05, 3.63) is 41.0 Å². The number of rotatable bonds is 0. The predicted molar refractivity (Wildman–Crippen MR) is 58.2 cm³/mol. The van der Waals surface area contributed by atoms with Crippen LogP contribution in [0.3, 0.4) is 0 Å². The van der Waals surface area contributed by atoms with Crippen LogP contribution in [0.15, 0.2) is 18.2 Å². The van der Waals surface area contributed by atoms with Gasteiger partial charge in [-0.25, -0.2) is 8.78 Å². The second-order valence-electron chi connectivity index (χ2n) is 3.52. The summed E-state index contributed by atoms with van der Waals surface area (Å²) >= 11 is 0. The summed E-state index contributed by atoms with van der Waals surface area (Å²) in [5, 5.41) is 9.77. The molecule has 0 atom stereocenters. The van der Waals surface area contributed by atoms with Gasteiger partial charge in [0.15, 0.2) is 11.6 Å². The van der Waals surface area contributed by atoms with Gasteiger partial charge in [-0.2, -0.15) is 0 Å². The van der Waals surface area contributed by atoms with Gasteiger partial charge in [0, 0.05) is 10.8 Å². The van der Waals surface area contributed by atoms with Gasteiger partial charge in [-0.3, -0.25) is 0 Å². The van der Waals surface area contributed by atoms with Crippen LogP contribution >= 0.6 is 0 Å². The van der Waals surface area contributed by atoms with E-state index in [1.807, 2.05) is 0 Å². The number of fused-ring (bicyclic) bond motifs is 1. The third-order valence-corrected chi connectivity index (χ3v) is 2.51. The summed E-state index contributed by atoms with van der Waals surface area (Å²) in [6, 6.07) is 3.60. The summed E-state index contributed by atoms with van der Waals surface area (Å²) in [6.45, 7) is 1.64. The van der Waals surface area contributed by atoms with Gasteiger partial charge in [0.25, 0.3) is 0 Å². The second-order valence-corrected chi connectivity index (χ2v) is 3.52. The van der Waals surface area contributed by atoms with Crippen LogP contribution in [0.5, 0.6) is 5.75 Å². The number of hydrogen-bond donors (Lipinski definition) is 1. The monoisotopic (exact) mass is 218 g/mol. The zero-order valence-electron chi connectivity index (χ0n) is 8.51. The third-order valence-electron chi connectivity index (χ3n) is 2.51. The van der Waals surface area contributed by atoms with E-state index < -0.39 is 17.4 Å². The molecule has 2 aromatic carbocycles. The van der Waals surface area contributed by atoms with Crippen LogP contribution in [0.25, 0.3) is 10.8 Å². The first kappa shape index (κ1) is 10.4. The van der Waals surface area contributed by atoms with Gasteiger partial charge < -0.3 is 5.11 Å². The summed E-state index contributed by atoms with van der Waals surface area (Å²) in [5.74, 6) is 0.397. The Morgan fingerprint density at radius 1 is 1.31 bits per heavy atom. The van der Waals surface area contributed by atoms with Crippen LogP contribution < -0.4 is 0 Å². The van der Waals surface area contributed by atoms with Crippen molar-refractivity contribution < 1.29 is 13.9 Å². The minimum absolute atomic E-state index is 0.0221. The molecule has 0 saturated carbocycles. The zero-order valence-corrected chi connectivity index (χ0v) is 8.51. The Morgan fingerprint density at radius 3 is 2.62 bits per heavy atom. The average molecular weight is 218 g/mol. The molecule has 1 N–H and O–H groups in total. The molecule has 0 aromatic heterocycles. The lowest BCUT2D eigenvalue weighted by molar-refractivity contribution is 0.435. The lowest BCUT2D eigenvalue weighted by Crippen LogP contribution is -1.92. The fourth-order valence-corrected chi connectivity index (χ4v) is 1.79. The molecule has 0 heterocycles. The summed E-state index contributed by atoms with van der Waals surface area (Å²) in [4.78, 5) is 0. The van der Waals surface area contributed by atoms with E-state index in [2.05, 4.69) is 5.92 Å². The molecule has 0 unspecified atom stereocenters. The first-order valence-electron chi connectivity index (χ1n) is 4.63. The van der Waals surface area contributed by atoms with E-state index in [0.717, 1.165) is 6.07 Å². The van der Waals surface area contributed by atoms with Crippen LogP contribution in [0.4, 0.5) is 8.78 Å². The quantitative estimate of drug-likeness (QED) is 0.673. The third kappa shape index (κ3) is 1.31. The van der Waals surface area contributed by atoms with Crippen LogP contribution in [0, 0.1) is 30.9 Å². The SMILES string of the molecule is C#Cc1c(F)ccc2c(F)c(O)cc(C)c12.